The first-order valence-electron chi connectivity index (χ1n) is 8.74. The number of nitrogens with zero attached hydrogens (tertiary/aromatic N) is 1. The van der Waals surface area contributed by atoms with Crippen molar-refractivity contribution in [3.8, 4) is 0 Å². The van der Waals surface area contributed by atoms with Gasteiger partial charge >= 0.3 is 12.0 Å². The quantitative estimate of drug-likeness (QED) is 0.321. The van der Waals surface area contributed by atoms with Crippen molar-refractivity contribution >= 4 is 57.9 Å². The summed E-state index contributed by atoms with van der Waals surface area (Å²) in [4.78, 5) is 38.2. The van der Waals surface area contributed by atoms with Crippen LogP contribution in [-0.2, 0) is 19.1 Å². The Morgan fingerprint density at radius 3 is 2.53 bits per heavy atom. The number of nitrogens with two attached hydrogens (primary N) is 1. The van der Waals surface area contributed by atoms with Crippen molar-refractivity contribution in [2.45, 2.75) is 20.8 Å². The van der Waals surface area contributed by atoms with Crippen molar-refractivity contribution in [3.63, 3.8) is 0 Å². The maximum Gasteiger partial charge on any atom is 0.326 e. The second-order valence-corrected chi connectivity index (χ2v) is 8.74. The normalized spacial score (nSPS) is 15.1. The minimum absolute atomic E-state index is 0.0310. The van der Waals surface area contributed by atoms with Crippen molar-refractivity contribution in [1.82, 2.24) is 0 Å². The summed E-state index contributed by atoms with van der Waals surface area (Å²) < 4.78 is 25.0. The van der Waals surface area contributed by atoms with Crippen LogP contribution in [0.15, 0.2) is 29.6 Å². The highest BCUT2D eigenvalue weighted by molar-refractivity contribution is 7.11. The minimum atomic E-state index is -1.05. The first-order chi connectivity index (χ1) is 14.0. The van der Waals surface area contributed by atoms with Crippen molar-refractivity contribution in [2.24, 2.45) is 11.1 Å². The monoisotopic (exact) mass is 452 g/mol. The van der Waals surface area contributed by atoms with E-state index in [1.54, 1.807) is 38.3 Å². The van der Waals surface area contributed by atoms with Gasteiger partial charge in [-0.15, -0.1) is 11.3 Å². The summed E-state index contributed by atoms with van der Waals surface area (Å²) in [6, 6.07) is 4.52. The van der Waals surface area contributed by atoms with Gasteiger partial charge in [-0.05, 0) is 44.4 Å². The van der Waals surface area contributed by atoms with E-state index in [0.717, 1.165) is 12.1 Å². The van der Waals surface area contributed by atoms with Gasteiger partial charge < -0.3 is 15.2 Å². The van der Waals surface area contributed by atoms with E-state index in [9.17, 15) is 18.8 Å². The summed E-state index contributed by atoms with van der Waals surface area (Å²) in [5, 5.41) is 1.47. The van der Waals surface area contributed by atoms with Crippen LogP contribution in [-0.4, -0.2) is 24.7 Å². The molecule has 0 saturated heterocycles. The number of hydrogen-bond acceptors (Lipinski definition) is 6. The number of carbonyl (C=O) groups excluding carboxylic acids is 3. The average Bonchev–Trinajstić information content (AvgIpc) is 3.25. The molecule has 0 aliphatic carbocycles. The lowest BCUT2D eigenvalue weighted by atomic mass is 9.98. The van der Waals surface area contributed by atoms with Gasteiger partial charge in [-0.2, -0.15) is 0 Å². The summed E-state index contributed by atoms with van der Waals surface area (Å²) in [6.07, 6.45) is 0. The average molecular weight is 453 g/mol. The zero-order chi connectivity index (χ0) is 22.2. The number of primary amides is 1. The summed E-state index contributed by atoms with van der Waals surface area (Å²) in [5.41, 5.74) is 4.65. The van der Waals surface area contributed by atoms with Crippen molar-refractivity contribution in [3.05, 3.63) is 50.9 Å². The Morgan fingerprint density at radius 1 is 1.27 bits per heavy atom. The first-order valence-corrected chi connectivity index (χ1v) is 9.99. The molecule has 158 valence electrons. The summed E-state index contributed by atoms with van der Waals surface area (Å²) >= 11 is 7.08. The van der Waals surface area contributed by atoms with E-state index in [1.807, 2.05) is 0 Å². The van der Waals surface area contributed by atoms with Gasteiger partial charge in [0.1, 0.15) is 5.82 Å². The molecule has 1 aliphatic rings. The number of rotatable bonds is 4. The molecule has 0 radical (unpaired) electrons. The molecule has 0 bridgehead atoms. The van der Waals surface area contributed by atoms with Crippen LogP contribution in [0, 0.1) is 11.2 Å². The van der Waals surface area contributed by atoms with Crippen LogP contribution in [0.2, 0.25) is 5.02 Å². The molecule has 0 atom stereocenters. The molecule has 1 aliphatic heterocycles. The lowest BCUT2D eigenvalue weighted by Gasteiger charge is -2.18. The molecule has 2 heterocycles. The lowest BCUT2D eigenvalue weighted by molar-refractivity contribution is -0.160. The fourth-order valence-electron chi connectivity index (χ4n) is 2.73. The minimum Gasteiger partial charge on any atom is -0.455 e. The van der Waals surface area contributed by atoms with Crippen LogP contribution in [0.3, 0.4) is 0 Å². The van der Waals surface area contributed by atoms with Gasteiger partial charge in [0.15, 0.2) is 5.76 Å². The topological polar surface area (TPSA) is 98.9 Å². The van der Waals surface area contributed by atoms with Gasteiger partial charge in [-0.25, -0.2) is 14.1 Å². The van der Waals surface area contributed by atoms with E-state index in [-0.39, 0.29) is 27.6 Å². The number of benzene rings is 1. The number of anilines is 1. The number of thiophene rings is 1. The zero-order valence-electron chi connectivity index (χ0n) is 16.3. The third-order valence-electron chi connectivity index (χ3n) is 4.16. The molecule has 2 N–H and O–H groups in total. The van der Waals surface area contributed by atoms with Gasteiger partial charge in [0.25, 0.3) is 5.91 Å². The highest BCUT2D eigenvalue weighted by Gasteiger charge is 2.40. The molecule has 3 rings (SSSR count). The summed E-state index contributed by atoms with van der Waals surface area (Å²) in [5.74, 6) is -2.06. The van der Waals surface area contributed by atoms with Crippen LogP contribution < -0.4 is 10.6 Å². The number of carbonyl (C=O) groups is 3. The van der Waals surface area contributed by atoms with E-state index in [0.29, 0.717) is 9.78 Å². The molecule has 10 heteroatoms. The molecule has 0 saturated carbocycles. The molecular formula is C20H18ClFN2O5S. The van der Waals surface area contributed by atoms with E-state index in [1.165, 1.54) is 11.3 Å². The molecule has 0 fully saturated rings. The van der Waals surface area contributed by atoms with Crippen molar-refractivity contribution < 1.29 is 28.2 Å². The molecule has 2 aromatic rings. The number of halogens is 2. The van der Waals surface area contributed by atoms with Crippen LogP contribution >= 0.6 is 22.9 Å². The van der Waals surface area contributed by atoms with Crippen LogP contribution in [0.25, 0.3) is 11.3 Å². The number of amides is 3. The molecule has 0 spiro atoms. The highest BCUT2D eigenvalue weighted by Crippen LogP contribution is 2.43. The molecule has 0 unspecified atom stereocenters. The van der Waals surface area contributed by atoms with Gasteiger partial charge in [0, 0.05) is 5.56 Å². The number of hydrogen-bond donors (Lipinski definition) is 1. The number of imide groups is 1. The third-order valence-corrected chi connectivity index (χ3v) is 5.32. The summed E-state index contributed by atoms with van der Waals surface area (Å²) in [7, 11) is 0. The van der Waals surface area contributed by atoms with Crippen molar-refractivity contribution in [2.75, 3.05) is 11.7 Å². The maximum absolute atomic E-state index is 14.2. The Morgan fingerprint density at radius 2 is 1.97 bits per heavy atom. The van der Waals surface area contributed by atoms with Gasteiger partial charge in [-0.1, -0.05) is 17.7 Å². The highest BCUT2D eigenvalue weighted by atomic mass is 35.5. The second-order valence-electron chi connectivity index (χ2n) is 7.39. The van der Waals surface area contributed by atoms with Gasteiger partial charge in [0.05, 0.1) is 26.6 Å². The SMILES string of the molecule is CC(C)(C)C(=O)OCO/C(=C1/C(=O)N(C(N)=O)c2cc(Cl)c(F)cc21)c1cccs1. The Kier molecular flexibility index (Phi) is 5.87. The number of urea groups is 1. The molecule has 30 heavy (non-hydrogen) atoms. The van der Waals surface area contributed by atoms with Crippen molar-refractivity contribution in [1.29, 1.82) is 0 Å². The van der Waals surface area contributed by atoms with Gasteiger partial charge in [0.2, 0.25) is 6.79 Å². The number of fused-ring (bicyclic) bond motifs is 1. The fourth-order valence-corrected chi connectivity index (χ4v) is 3.62. The summed E-state index contributed by atoms with van der Waals surface area (Å²) in [6.45, 7) is 4.56. The predicted molar refractivity (Wildman–Crippen MR) is 111 cm³/mol. The molecule has 1 aromatic heterocycles. The lowest BCUT2D eigenvalue weighted by Crippen LogP contribution is -2.38. The molecular weight excluding hydrogens is 435 g/mol. The Hall–Kier alpha value is -2.91. The maximum atomic E-state index is 14.2. The standard InChI is InChI=1S/C20H18ClFN2O5S/c1-20(2,3)18(26)29-9-28-16(14-5-4-6-30-14)15-10-7-12(22)11(21)8-13(10)24(17(15)25)19(23)27/h4-8H,9H2,1-3H3,(H2,23,27)/b16-15+. The second kappa shape index (κ2) is 8.08. The Bertz CT molecular complexity index is 1060. The number of esters is 1. The number of ether oxygens (including phenoxy) is 2. The van der Waals surface area contributed by atoms with E-state index in [2.05, 4.69) is 0 Å². The first kappa shape index (κ1) is 21.8. The van der Waals surface area contributed by atoms with E-state index < -0.39 is 35.9 Å². The zero-order valence-corrected chi connectivity index (χ0v) is 17.9. The Labute approximate surface area is 180 Å². The van der Waals surface area contributed by atoms with E-state index in [4.69, 9.17) is 26.8 Å². The molecule has 1 aromatic carbocycles. The smallest absolute Gasteiger partial charge is 0.326 e. The van der Waals surface area contributed by atoms with Gasteiger partial charge in [-0.3, -0.25) is 9.59 Å². The predicted octanol–water partition coefficient (Wildman–Crippen LogP) is 4.40. The van der Waals surface area contributed by atoms with Crippen LogP contribution in [0.1, 0.15) is 31.2 Å². The fraction of sp³-hybridized carbons (Fsp3) is 0.250. The van der Waals surface area contributed by atoms with E-state index >= 15 is 0 Å². The molecule has 3 amide bonds. The van der Waals surface area contributed by atoms with Crippen LogP contribution in [0.4, 0.5) is 14.9 Å². The largest absolute Gasteiger partial charge is 0.455 e. The molecule has 7 nitrogen and oxygen atoms in total. The Balaban J connectivity index is 2.10. The third kappa shape index (κ3) is 4.03. The van der Waals surface area contributed by atoms with Crippen LogP contribution in [0.5, 0.6) is 0 Å².